The van der Waals surface area contributed by atoms with Crippen LogP contribution in [0.2, 0.25) is 0 Å². The number of amides is 1. The van der Waals surface area contributed by atoms with Crippen molar-refractivity contribution in [3.8, 4) is 5.88 Å². The monoisotopic (exact) mass is 276 g/mol. The van der Waals surface area contributed by atoms with Crippen molar-refractivity contribution in [1.29, 1.82) is 0 Å². The number of nitrogens with one attached hydrogen (secondary N) is 1. The van der Waals surface area contributed by atoms with Crippen molar-refractivity contribution in [1.82, 2.24) is 19.7 Å². The molecule has 2 aromatic rings. The molecule has 0 radical (unpaired) electrons. The minimum Gasteiger partial charge on any atom is -0.479 e. The maximum absolute atomic E-state index is 12.1. The molecule has 0 aromatic carbocycles. The van der Waals surface area contributed by atoms with Crippen LogP contribution in [0, 0.1) is 0 Å². The Balaban J connectivity index is 2.14. The Labute approximate surface area is 116 Å². The number of rotatable bonds is 4. The van der Waals surface area contributed by atoms with Crippen LogP contribution in [-0.2, 0) is 7.05 Å². The lowest BCUT2D eigenvalue weighted by Crippen LogP contribution is -2.15. The Morgan fingerprint density at radius 3 is 2.55 bits per heavy atom. The zero-order chi connectivity index (χ0) is 14.7. The normalized spacial score (nSPS) is 10.2. The number of aromatic nitrogens is 4. The van der Waals surface area contributed by atoms with Crippen LogP contribution in [0.1, 0.15) is 10.4 Å². The largest absolute Gasteiger partial charge is 0.479 e. The lowest BCUT2D eigenvalue weighted by Gasteiger charge is -2.10. The van der Waals surface area contributed by atoms with Gasteiger partial charge in [0.05, 0.1) is 25.2 Å². The van der Waals surface area contributed by atoms with E-state index in [0.29, 0.717) is 17.2 Å². The number of carbonyl (C=O) groups excluding carboxylic acids is 1. The predicted molar refractivity (Wildman–Crippen MR) is 74.1 cm³/mol. The molecule has 2 rings (SSSR count). The van der Waals surface area contributed by atoms with Crippen molar-refractivity contribution < 1.29 is 9.53 Å². The van der Waals surface area contributed by atoms with E-state index < -0.39 is 0 Å². The maximum atomic E-state index is 12.1. The van der Waals surface area contributed by atoms with Gasteiger partial charge in [0.25, 0.3) is 5.91 Å². The van der Waals surface area contributed by atoms with Gasteiger partial charge in [0.1, 0.15) is 5.56 Å². The van der Waals surface area contributed by atoms with E-state index in [1.807, 2.05) is 14.1 Å². The summed E-state index contributed by atoms with van der Waals surface area (Å²) < 4.78 is 6.56. The number of methoxy groups -OCH3 is 1. The summed E-state index contributed by atoms with van der Waals surface area (Å²) in [5.41, 5.74) is 0.859. The molecule has 1 amide bonds. The van der Waals surface area contributed by atoms with Gasteiger partial charge in [0.2, 0.25) is 11.8 Å². The Morgan fingerprint density at radius 1 is 1.35 bits per heavy atom. The number of ether oxygens (including phenoxy) is 1. The second-order valence-corrected chi connectivity index (χ2v) is 4.35. The molecule has 0 atom stereocenters. The van der Waals surface area contributed by atoms with E-state index in [2.05, 4.69) is 20.4 Å². The topological polar surface area (TPSA) is 85.2 Å². The Bertz CT molecular complexity index is 605. The van der Waals surface area contributed by atoms with E-state index in [1.54, 1.807) is 30.5 Å². The van der Waals surface area contributed by atoms with Gasteiger partial charge in [-0.05, 0) is 0 Å². The molecule has 1 N–H and O–H groups in total. The van der Waals surface area contributed by atoms with Crippen LogP contribution < -0.4 is 15.0 Å². The molecule has 2 heterocycles. The molecular formula is C12H16N6O2. The van der Waals surface area contributed by atoms with E-state index in [-0.39, 0.29) is 11.8 Å². The molecule has 20 heavy (non-hydrogen) atoms. The van der Waals surface area contributed by atoms with Crippen LogP contribution in [0.15, 0.2) is 18.6 Å². The van der Waals surface area contributed by atoms with Gasteiger partial charge < -0.3 is 15.0 Å². The second kappa shape index (κ2) is 5.55. The number of carbonyl (C=O) groups is 1. The lowest BCUT2D eigenvalue weighted by molar-refractivity contribution is 0.102. The molecule has 0 spiro atoms. The van der Waals surface area contributed by atoms with Crippen molar-refractivity contribution in [3.63, 3.8) is 0 Å². The highest BCUT2D eigenvalue weighted by atomic mass is 16.5. The van der Waals surface area contributed by atoms with Crippen molar-refractivity contribution in [2.24, 2.45) is 7.05 Å². The van der Waals surface area contributed by atoms with E-state index in [9.17, 15) is 4.79 Å². The predicted octanol–water partition coefficient (Wildman–Crippen LogP) is 0.537. The molecule has 0 aliphatic rings. The maximum Gasteiger partial charge on any atom is 0.262 e. The number of aryl methyl sites for hydroxylation is 1. The first-order valence-electron chi connectivity index (χ1n) is 5.89. The Morgan fingerprint density at radius 2 is 2.00 bits per heavy atom. The fourth-order valence-corrected chi connectivity index (χ4v) is 1.59. The van der Waals surface area contributed by atoms with Gasteiger partial charge in [-0.1, -0.05) is 0 Å². The smallest absolute Gasteiger partial charge is 0.262 e. The van der Waals surface area contributed by atoms with Gasteiger partial charge >= 0.3 is 0 Å². The summed E-state index contributed by atoms with van der Waals surface area (Å²) in [6.45, 7) is 0. The molecular weight excluding hydrogens is 260 g/mol. The molecule has 106 valence electrons. The summed E-state index contributed by atoms with van der Waals surface area (Å²) in [7, 11) is 6.87. The first-order chi connectivity index (χ1) is 9.51. The lowest BCUT2D eigenvalue weighted by atomic mass is 10.3. The van der Waals surface area contributed by atoms with Gasteiger partial charge in [0.15, 0.2) is 0 Å². The van der Waals surface area contributed by atoms with E-state index in [4.69, 9.17) is 4.74 Å². The first kappa shape index (κ1) is 13.8. The highest BCUT2D eigenvalue weighted by Gasteiger charge is 2.16. The highest BCUT2D eigenvalue weighted by molar-refractivity contribution is 6.05. The van der Waals surface area contributed by atoms with Crippen LogP contribution in [0.3, 0.4) is 0 Å². The SMILES string of the molecule is COc1nn(C)cc1C(=O)Nc1cnc(N(C)C)nc1. The van der Waals surface area contributed by atoms with Crippen LogP contribution >= 0.6 is 0 Å². The molecule has 2 aromatic heterocycles. The summed E-state index contributed by atoms with van der Waals surface area (Å²) in [6.07, 6.45) is 4.68. The molecule has 8 nitrogen and oxygen atoms in total. The van der Waals surface area contributed by atoms with Gasteiger partial charge in [-0.15, -0.1) is 5.10 Å². The van der Waals surface area contributed by atoms with Gasteiger partial charge in [-0.3, -0.25) is 9.48 Å². The number of hydrogen-bond donors (Lipinski definition) is 1. The third kappa shape index (κ3) is 2.85. The van der Waals surface area contributed by atoms with Crippen molar-refractivity contribution >= 4 is 17.5 Å². The average Bonchev–Trinajstić information content (AvgIpc) is 2.80. The third-order valence-electron chi connectivity index (χ3n) is 2.53. The molecule has 0 aliphatic heterocycles. The van der Waals surface area contributed by atoms with Gasteiger partial charge in [-0.2, -0.15) is 0 Å². The van der Waals surface area contributed by atoms with Gasteiger partial charge in [-0.25, -0.2) is 9.97 Å². The standard InChI is InChI=1S/C12H16N6O2/c1-17(2)12-13-5-8(6-14-12)15-10(19)9-7-18(3)16-11(9)20-4/h5-7H,1-4H3,(H,15,19). The van der Waals surface area contributed by atoms with Crippen LogP contribution in [0.25, 0.3) is 0 Å². The zero-order valence-electron chi connectivity index (χ0n) is 11.8. The molecule has 0 fully saturated rings. The van der Waals surface area contributed by atoms with Crippen LogP contribution in [0.4, 0.5) is 11.6 Å². The minimum absolute atomic E-state index is 0.274. The number of nitrogens with zero attached hydrogens (tertiary/aromatic N) is 5. The minimum atomic E-state index is -0.323. The summed E-state index contributed by atoms with van der Waals surface area (Å²) >= 11 is 0. The fraction of sp³-hybridized carbons (Fsp3) is 0.333. The first-order valence-corrected chi connectivity index (χ1v) is 5.89. The number of hydrogen-bond acceptors (Lipinski definition) is 6. The third-order valence-corrected chi connectivity index (χ3v) is 2.53. The average molecular weight is 276 g/mol. The highest BCUT2D eigenvalue weighted by Crippen LogP contribution is 2.17. The number of anilines is 2. The van der Waals surface area contributed by atoms with Gasteiger partial charge in [0, 0.05) is 27.3 Å². The molecule has 0 bridgehead atoms. The summed E-state index contributed by atoms with van der Waals surface area (Å²) in [6, 6.07) is 0. The molecule has 0 unspecified atom stereocenters. The fourth-order valence-electron chi connectivity index (χ4n) is 1.59. The van der Waals surface area contributed by atoms with E-state index in [1.165, 1.54) is 11.8 Å². The summed E-state index contributed by atoms with van der Waals surface area (Å²) in [5.74, 6) is 0.522. The summed E-state index contributed by atoms with van der Waals surface area (Å²) in [5, 5.41) is 6.72. The van der Waals surface area contributed by atoms with Crippen molar-refractivity contribution in [3.05, 3.63) is 24.2 Å². The Kier molecular flexibility index (Phi) is 3.83. The quantitative estimate of drug-likeness (QED) is 0.877. The van der Waals surface area contributed by atoms with E-state index in [0.717, 1.165) is 0 Å². The van der Waals surface area contributed by atoms with Crippen molar-refractivity contribution in [2.45, 2.75) is 0 Å². The van der Waals surface area contributed by atoms with Crippen LogP contribution in [-0.4, -0.2) is 46.9 Å². The molecule has 8 heteroatoms. The van der Waals surface area contributed by atoms with Crippen molar-refractivity contribution in [2.75, 3.05) is 31.4 Å². The zero-order valence-corrected chi connectivity index (χ0v) is 11.8. The van der Waals surface area contributed by atoms with Crippen LogP contribution in [0.5, 0.6) is 5.88 Å². The molecule has 0 aliphatic carbocycles. The molecule has 0 saturated carbocycles. The molecule has 0 saturated heterocycles. The van der Waals surface area contributed by atoms with E-state index >= 15 is 0 Å². The Hall–Kier alpha value is -2.64. The second-order valence-electron chi connectivity index (χ2n) is 4.35. The summed E-state index contributed by atoms with van der Waals surface area (Å²) in [4.78, 5) is 22.1.